The average Bonchev–Trinajstić information content (AvgIpc) is 2.73. The van der Waals surface area contributed by atoms with Gasteiger partial charge in [-0.15, -0.1) is 0 Å². The molecule has 1 aromatic heterocycles. The minimum atomic E-state index is -3.95. The minimum absolute atomic E-state index is 0.121. The minimum Gasteiger partial charge on any atom is -0.438 e. The van der Waals surface area contributed by atoms with Crippen LogP contribution in [0.5, 0.6) is 0 Å². The van der Waals surface area contributed by atoms with Crippen LogP contribution in [0, 0.1) is 0 Å². The molecule has 0 aliphatic heterocycles. The molecule has 0 bridgehead atoms. The summed E-state index contributed by atoms with van der Waals surface area (Å²) in [6.07, 6.45) is 0. The van der Waals surface area contributed by atoms with Crippen LogP contribution in [-0.2, 0) is 10.0 Å². The number of amides is 1. The Morgan fingerprint density at radius 2 is 2.18 bits per heavy atom. The molecule has 17 heavy (non-hydrogen) atoms. The fourth-order valence-electron chi connectivity index (χ4n) is 1.27. The van der Waals surface area contributed by atoms with Crippen LogP contribution in [0.1, 0.15) is 17.5 Å². The van der Waals surface area contributed by atoms with Gasteiger partial charge in [0, 0.05) is 13.1 Å². The van der Waals surface area contributed by atoms with Crippen LogP contribution in [0.15, 0.2) is 21.6 Å². The van der Waals surface area contributed by atoms with E-state index in [9.17, 15) is 13.2 Å². The highest BCUT2D eigenvalue weighted by Gasteiger charge is 2.20. The predicted molar refractivity (Wildman–Crippen MR) is 58.7 cm³/mol. The second-order valence-corrected chi connectivity index (χ2v) is 4.76. The quantitative estimate of drug-likeness (QED) is 0.734. The van der Waals surface area contributed by atoms with Gasteiger partial charge in [-0.05, 0) is 19.1 Å². The summed E-state index contributed by atoms with van der Waals surface area (Å²) in [7, 11) is -3.95. The first-order valence-corrected chi connectivity index (χ1v) is 6.47. The summed E-state index contributed by atoms with van der Waals surface area (Å²) < 4.78 is 26.8. The lowest BCUT2D eigenvalue weighted by atomic mass is 10.3. The lowest BCUT2D eigenvalue weighted by molar-refractivity contribution is 0.0694. The summed E-state index contributed by atoms with van der Waals surface area (Å²) in [5, 5.41) is 13.2. The van der Waals surface area contributed by atoms with Crippen LogP contribution in [-0.4, -0.2) is 44.0 Å². The van der Waals surface area contributed by atoms with Crippen molar-refractivity contribution in [3.8, 4) is 0 Å². The van der Waals surface area contributed by atoms with E-state index in [1.165, 1.54) is 11.0 Å². The van der Waals surface area contributed by atoms with Gasteiger partial charge >= 0.3 is 0 Å². The fraction of sp³-hybridized carbons (Fsp3) is 0.444. The van der Waals surface area contributed by atoms with Crippen molar-refractivity contribution >= 4 is 15.9 Å². The number of nitrogens with zero attached hydrogens (tertiary/aromatic N) is 1. The third-order valence-electron chi connectivity index (χ3n) is 2.11. The number of furan rings is 1. The Kier molecular flexibility index (Phi) is 4.27. The molecule has 0 saturated heterocycles. The normalized spacial score (nSPS) is 11.5. The molecule has 0 atom stereocenters. The number of hydrogen-bond acceptors (Lipinski definition) is 5. The Morgan fingerprint density at radius 3 is 2.59 bits per heavy atom. The maximum Gasteiger partial charge on any atom is 0.289 e. The van der Waals surface area contributed by atoms with Crippen molar-refractivity contribution in [1.29, 1.82) is 0 Å². The summed E-state index contributed by atoms with van der Waals surface area (Å²) in [5.74, 6) is -0.610. The number of carbonyl (C=O) groups excluding carboxylic acids is 1. The zero-order valence-corrected chi connectivity index (χ0v) is 10.1. The number of sulfonamides is 1. The van der Waals surface area contributed by atoms with Crippen LogP contribution < -0.4 is 5.14 Å². The third kappa shape index (κ3) is 3.29. The van der Waals surface area contributed by atoms with Crippen molar-refractivity contribution < 1.29 is 22.7 Å². The second kappa shape index (κ2) is 5.30. The van der Waals surface area contributed by atoms with Gasteiger partial charge in [-0.1, -0.05) is 0 Å². The molecule has 3 N–H and O–H groups in total. The van der Waals surface area contributed by atoms with Crippen LogP contribution in [0.3, 0.4) is 0 Å². The Hall–Kier alpha value is -1.38. The van der Waals surface area contributed by atoms with E-state index in [1.807, 2.05) is 0 Å². The zero-order valence-electron chi connectivity index (χ0n) is 9.29. The van der Waals surface area contributed by atoms with Crippen LogP contribution in [0.4, 0.5) is 0 Å². The van der Waals surface area contributed by atoms with E-state index >= 15 is 0 Å². The highest BCUT2D eigenvalue weighted by molar-refractivity contribution is 7.89. The zero-order chi connectivity index (χ0) is 13.1. The van der Waals surface area contributed by atoms with Crippen molar-refractivity contribution in [2.75, 3.05) is 19.7 Å². The van der Waals surface area contributed by atoms with Gasteiger partial charge in [0.05, 0.1) is 6.61 Å². The van der Waals surface area contributed by atoms with Crippen molar-refractivity contribution in [2.45, 2.75) is 12.0 Å². The molecule has 7 nitrogen and oxygen atoms in total. The standard InChI is InChI=1S/C9H14N2O5S/c1-2-11(5-6-12)9(13)7-3-4-8(16-7)17(10,14)15/h3-4,12H,2,5-6H2,1H3,(H2,10,14,15). The molecule has 0 saturated carbocycles. The first-order chi connectivity index (χ1) is 7.90. The van der Waals surface area contributed by atoms with Crippen molar-refractivity contribution in [3.05, 3.63) is 17.9 Å². The molecule has 0 spiro atoms. The third-order valence-corrected chi connectivity index (χ3v) is 2.89. The number of rotatable bonds is 5. The molecule has 0 unspecified atom stereocenters. The molecule has 0 aliphatic carbocycles. The van der Waals surface area contributed by atoms with Gasteiger partial charge in [-0.3, -0.25) is 4.79 Å². The number of hydrogen-bond donors (Lipinski definition) is 2. The van der Waals surface area contributed by atoms with Crippen molar-refractivity contribution in [2.24, 2.45) is 5.14 Å². The maximum atomic E-state index is 11.8. The van der Waals surface area contributed by atoms with E-state index in [0.717, 1.165) is 6.07 Å². The van der Waals surface area contributed by atoms with Crippen molar-refractivity contribution in [1.82, 2.24) is 4.90 Å². The first kappa shape index (κ1) is 13.7. The van der Waals surface area contributed by atoms with Gasteiger partial charge in [-0.2, -0.15) is 0 Å². The van der Waals surface area contributed by atoms with E-state index < -0.39 is 21.0 Å². The van der Waals surface area contributed by atoms with E-state index in [0.29, 0.717) is 6.54 Å². The van der Waals surface area contributed by atoms with Gasteiger partial charge < -0.3 is 14.4 Å². The lowest BCUT2D eigenvalue weighted by Crippen LogP contribution is -2.33. The van der Waals surface area contributed by atoms with Crippen LogP contribution in [0.2, 0.25) is 0 Å². The van der Waals surface area contributed by atoms with Gasteiger partial charge in [-0.25, -0.2) is 13.6 Å². The number of carbonyl (C=O) groups is 1. The number of nitrogens with two attached hydrogens (primary N) is 1. The SMILES string of the molecule is CCN(CCO)C(=O)c1ccc(S(N)(=O)=O)o1. The molecule has 96 valence electrons. The van der Waals surface area contributed by atoms with E-state index in [-0.39, 0.29) is 18.9 Å². The van der Waals surface area contributed by atoms with E-state index in [4.69, 9.17) is 14.7 Å². The molecule has 1 rings (SSSR count). The molecule has 1 heterocycles. The molecule has 1 aromatic rings. The lowest BCUT2D eigenvalue weighted by Gasteiger charge is -2.17. The Bertz CT molecular complexity index is 493. The molecule has 0 aromatic carbocycles. The second-order valence-electron chi connectivity index (χ2n) is 3.27. The average molecular weight is 262 g/mol. The van der Waals surface area contributed by atoms with Crippen LogP contribution in [0.25, 0.3) is 0 Å². The molecular weight excluding hydrogens is 248 g/mol. The van der Waals surface area contributed by atoms with Gasteiger partial charge in [0.1, 0.15) is 0 Å². The molecule has 0 fully saturated rings. The first-order valence-electron chi connectivity index (χ1n) is 4.93. The summed E-state index contributed by atoms with van der Waals surface area (Å²) in [6, 6.07) is 2.36. The molecular formula is C9H14N2O5S. The van der Waals surface area contributed by atoms with Crippen LogP contribution >= 0.6 is 0 Å². The molecule has 8 heteroatoms. The van der Waals surface area contributed by atoms with Gasteiger partial charge in [0.25, 0.3) is 15.9 Å². The fourth-order valence-corrected chi connectivity index (χ4v) is 1.73. The smallest absolute Gasteiger partial charge is 0.289 e. The van der Waals surface area contributed by atoms with E-state index in [1.54, 1.807) is 6.92 Å². The Balaban J connectivity index is 2.94. The number of aliphatic hydroxyl groups is 1. The van der Waals surface area contributed by atoms with Gasteiger partial charge in [0.2, 0.25) is 5.09 Å². The summed E-state index contributed by atoms with van der Waals surface area (Å²) >= 11 is 0. The predicted octanol–water partition coefficient (Wildman–Crippen LogP) is -0.619. The largest absolute Gasteiger partial charge is 0.438 e. The van der Waals surface area contributed by atoms with Crippen molar-refractivity contribution in [3.63, 3.8) is 0 Å². The molecule has 1 amide bonds. The molecule has 0 aliphatic rings. The topological polar surface area (TPSA) is 114 Å². The summed E-state index contributed by atoms with van der Waals surface area (Å²) in [4.78, 5) is 13.1. The monoisotopic (exact) mass is 262 g/mol. The Labute approximate surface area is 98.9 Å². The van der Waals surface area contributed by atoms with E-state index in [2.05, 4.69) is 0 Å². The maximum absolute atomic E-state index is 11.8. The number of aliphatic hydroxyl groups excluding tert-OH is 1. The summed E-state index contributed by atoms with van der Waals surface area (Å²) in [6.45, 7) is 2.09. The number of primary sulfonamides is 1. The number of likely N-dealkylation sites (N-methyl/N-ethyl adjacent to an activating group) is 1. The summed E-state index contributed by atoms with van der Waals surface area (Å²) in [5.41, 5.74) is 0. The molecule has 0 radical (unpaired) electrons. The van der Waals surface area contributed by atoms with Gasteiger partial charge in [0.15, 0.2) is 5.76 Å². The highest BCUT2D eigenvalue weighted by Crippen LogP contribution is 2.14. The Morgan fingerprint density at radius 1 is 1.53 bits per heavy atom. The highest BCUT2D eigenvalue weighted by atomic mass is 32.2.